The van der Waals surface area contributed by atoms with Crippen molar-refractivity contribution in [2.75, 3.05) is 45.3 Å². The van der Waals surface area contributed by atoms with Crippen LogP contribution in [0.25, 0.3) is 11.3 Å². The second-order valence-corrected chi connectivity index (χ2v) is 7.13. The van der Waals surface area contributed by atoms with Crippen LogP contribution in [0.1, 0.15) is 10.4 Å². The van der Waals surface area contributed by atoms with Crippen molar-refractivity contribution in [2.24, 2.45) is 0 Å². The highest BCUT2D eigenvalue weighted by atomic mass is 19.1. The summed E-state index contributed by atoms with van der Waals surface area (Å²) >= 11 is 0. The predicted molar refractivity (Wildman–Crippen MR) is 115 cm³/mol. The third-order valence-corrected chi connectivity index (χ3v) is 5.30. The molecule has 0 aliphatic carbocycles. The smallest absolute Gasteiger partial charge is 0.254 e. The van der Waals surface area contributed by atoms with Gasteiger partial charge in [0.25, 0.3) is 5.91 Å². The van der Waals surface area contributed by atoms with E-state index in [0.717, 1.165) is 11.4 Å². The lowest BCUT2D eigenvalue weighted by Gasteiger charge is -2.35. The van der Waals surface area contributed by atoms with E-state index in [1.54, 1.807) is 31.3 Å². The second-order valence-electron chi connectivity index (χ2n) is 7.13. The summed E-state index contributed by atoms with van der Waals surface area (Å²) in [6, 6.07) is 15.1. The van der Waals surface area contributed by atoms with E-state index in [1.807, 2.05) is 30.3 Å². The predicted octanol–water partition coefficient (Wildman–Crippen LogP) is 3.26. The third-order valence-electron chi connectivity index (χ3n) is 5.30. The van der Waals surface area contributed by atoms with Gasteiger partial charge in [-0.1, -0.05) is 6.07 Å². The van der Waals surface area contributed by atoms with Gasteiger partial charge in [0, 0.05) is 37.3 Å². The molecule has 1 saturated heterocycles. The molecule has 1 aliphatic rings. The fourth-order valence-electron chi connectivity index (χ4n) is 3.59. The number of ether oxygens (including phenoxy) is 2. The van der Waals surface area contributed by atoms with Gasteiger partial charge in [0.15, 0.2) is 5.82 Å². The van der Waals surface area contributed by atoms with E-state index in [9.17, 15) is 9.18 Å². The Balaban J connectivity index is 1.44. The number of aromatic nitrogens is 2. The minimum absolute atomic E-state index is 0.161. The number of halogens is 1. The fourth-order valence-corrected chi connectivity index (χ4v) is 3.59. The van der Waals surface area contributed by atoms with Gasteiger partial charge in [0.05, 0.1) is 19.9 Å². The molecule has 2 aromatic carbocycles. The lowest BCUT2D eigenvalue weighted by atomic mass is 10.1. The van der Waals surface area contributed by atoms with Gasteiger partial charge in [0.1, 0.15) is 17.3 Å². The Kier molecular flexibility index (Phi) is 5.97. The van der Waals surface area contributed by atoms with Crippen LogP contribution in [0.2, 0.25) is 0 Å². The summed E-state index contributed by atoms with van der Waals surface area (Å²) in [5.74, 6) is 1.56. The molecule has 3 aromatic rings. The van der Waals surface area contributed by atoms with Crippen LogP contribution < -0.4 is 14.4 Å². The van der Waals surface area contributed by atoms with Crippen molar-refractivity contribution in [2.45, 2.75) is 0 Å². The summed E-state index contributed by atoms with van der Waals surface area (Å²) in [4.78, 5) is 16.4. The van der Waals surface area contributed by atoms with Crippen molar-refractivity contribution in [3.8, 4) is 22.8 Å². The highest BCUT2D eigenvalue weighted by Crippen LogP contribution is 2.32. The van der Waals surface area contributed by atoms with Crippen LogP contribution in [0.15, 0.2) is 54.6 Å². The number of nitrogens with zero attached hydrogens (tertiary/aromatic N) is 4. The summed E-state index contributed by atoms with van der Waals surface area (Å²) in [6.07, 6.45) is 0. The zero-order valence-corrected chi connectivity index (χ0v) is 17.4. The normalized spacial score (nSPS) is 13.8. The maximum Gasteiger partial charge on any atom is 0.254 e. The topological polar surface area (TPSA) is 67.8 Å². The highest BCUT2D eigenvalue weighted by molar-refractivity contribution is 5.94. The molecule has 8 heteroatoms. The number of methoxy groups -OCH3 is 2. The Bertz CT molecular complexity index is 1070. The SMILES string of the molecule is COc1ccc(OC)c(-c2ccc(N3CCN(C(=O)c4cccc(F)c4)CC3)nn2)c1. The first-order valence-corrected chi connectivity index (χ1v) is 9.95. The van der Waals surface area contributed by atoms with Gasteiger partial charge in [-0.15, -0.1) is 10.2 Å². The molecular weight excluding hydrogens is 399 g/mol. The lowest BCUT2D eigenvalue weighted by molar-refractivity contribution is 0.0746. The van der Waals surface area contributed by atoms with E-state index in [0.29, 0.717) is 48.9 Å². The molecule has 0 spiro atoms. The molecule has 7 nitrogen and oxygen atoms in total. The maximum absolute atomic E-state index is 13.4. The summed E-state index contributed by atoms with van der Waals surface area (Å²) in [6.45, 7) is 2.31. The van der Waals surface area contributed by atoms with Crippen LogP contribution in [0.5, 0.6) is 11.5 Å². The van der Waals surface area contributed by atoms with Gasteiger partial charge < -0.3 is 19.3 Å². The van der Waals surface area contributed by atoms with Crippen LogP contribution >= 0.6 is 0 Å². The van der Waals surface area contributed by atoms with Crippen LogP contribution in [-0.2, 0) is 0 Å². The third kappa shape index (κ3) is 4.42. The van der Waals surface area contributed by atoms with Crippen molar-refractivity contribution in [1.29, 1.82) is 0 Å². The van der Waals surface area contributed by atoms with Gasteiger partial charge in [-0.2, -0.15) is 0 Å². The Hall–Kier alpha value is -3.68. The van der Waals surface area contributed by atoms with Gasteiger partial charge in [-0.05, 0) is 48.5 Å². The van der Waals surface area contributed by atoms with Gasteiger partial charge in [-0.3, -0.25) is 4.79 Å². The average Bonchev–Trinajstić information content (AvgIpc) is 2.83. The Morgan fingerprint density at radius 2 is 1.74 bits per heavy atom. The fraction of sp³-hybridized carbons (Fsp3) is 0.261. The molecule has 4 rings (SSSR count). The van der Waals surface area contributed by atoms with E-state index >= 15 is 0 Å². The molecule has 0 unspecified atom stereocenters. The molecule has 160 valence electrons. The number of hydrogen-bond acceptors (Lipinski definition) is 6. The molecule has 1 amide bonds. The van der Waals surface area contributed by atoms with Crippen molar-refractivity contribution in [3.05, 3.63) is 66.0 Å². The minimum atomic E-state index is -0.410. The molecular formula is C23H23FN4O3. The molecule has 1 fully saturated rings. The van der Waals surface area contributed by atoms with Gasteiger partial charge in [-0.25, -0.2) is 4.39 Å². The summed E-state index contributed by atoms with van der Waals surface area (Å²) in [7, 11) is 3.22. The lowest BCUT2D eigenvalue weighted by Crippen LogP contribution is -2.49. The first-order chi connectivity index (χ1) is 15.1. The van der Waals surface area contributed by atoms with Gasteiger partial charge in [0.2, 0.25) is 0 Å². The van der Waals surface area contributed by atoms with Crippen LogP contribution in [0, 0.1) is 5.82 Å². The number of hydrogen-bond donors (Lipinski definition) is 0. The van der Waals surface area contributed by atoms with E-state index in [2.05, 4.69) is 15.1 Å². The molecule has 0 atom stereocenters. The molecule has 0 N–H and O–H groups in total. The second kappa shape index (κ2) is 8.99. The van der Waals surface area contributed by atoms with Crippen molar-refractivity contribution in [3.63, 3.8) is 0 Å². The van der Waals surface area contributed by atoms with Crippen molar-refractivity contribution >= 4 is 11.7 Å². The molecule has 0 bridgehead atoms. The Morgan fingerprint density at radius 3 is 2.39 bits per heavy atom. The van der Waals surface area contributed by atoms with Crippen LogP contribution in [-0.4, -0.2) is 61.4 Å². The molecule has 31 heavy (non-hydrogen) atoms. The Morgan fingerprint density at radius 1 is 0.935 bits per heavy atom. The number of carbonyl (C=O) groups excluding carboxylic acids is 1. The zero-order valence-electron chi connectivity index (χ0n) is 17.4. The number of amides is 1. The van der Waals surface area contributed by atoms with Crippen LogP contribution in [0.3, 0.4) is 0 Å². The number of benzene rings is 2. The van der Waals surface area contributed by atoms with Crippen LogP contribution in [0.4, 0.5) is 10.2 Å². The molecule has 2 heterocycles. The molecule has 1 aliphatic heterocycles. The summed E-state index contributed by atoms with van der Waals surface area (Å²) in [5, 5.41) is 8.75. The standard InChI is InChI=1S/C23H23FN4O3/c1-30-18-6-8-21(31-2)19(15-18)20-7-9-22(26-25-20)27-10-12-28(13-11-27)23(29)16-4-3-5-17(24)14-16/h3-9,14-15H,10-13H2,1-2H3. The maximum atomic E-state index is 13.4. The van der Waals surface area contributed by atoms with E-state index < -0.39 is 5.82 Å². The largest absolute Gasteiger partial charge is 0.497 e. The van der Waals surface area contributed by atoms with Gasteiger partial charge >= 0.3 is 0 Å². The number of rotatable bonds is 5. The van der Waals surface area contributed by atoms with E-state index in [1.165, 1.54) is 12.1 Å². The van der Waals surface area contributed by atoms with E-state index in [4.69, 9.17) is 9.47 Å². The zero-order chi connectivity index (χ0) is 21.8. The van der Waals surface area contributed by atoms with E-state index in [-0.39, 0.29) is 5.91 Å². The van der Waals surface area contributed by atoms with Crippen molar-refractivity contribution in [1.82, 2.24) is 15.1 Å². The molecule has 0 radical (unpaired) electrons. The summed E-state index contributed by atoms with van der Waals surface area (Å²) < 4.78 is 24.1. The Labute approximate surface area is 180 Å². The number of piperazine rings is 1. The first kappa shape index (κ1) is 20.6. The number of carbonyl (C=O) groups is 1. The van der Waals surface area contributed by atoms with Crippen molar-refractivity contribution < 1.29 is 18.7 Å². The minimum Gasteiger partial charge on any atom is -0.497 e. The quantitative estimate of drug-likeness (QED) is 0.629. The number of anilines is 1. The first-order valence-electron chi connectivity index (χ1n) is 9.95. The summed E-state index contributed by atoms with van der Waals surface area (Å²) in [5.41, 5.74) is 1.84. The molecule has 1 aromatic heterocycles. The average molecular weight is 422 g/mol. The highest BCUT2D eigenvalue weighted by Gasteiger charge is 2.23. The molecule has 0 saturated carbocycles. The monoisotopic (exact) mass is 422 g/mol.